The van der Waals surface area contributed by atoms with E-state index in [4.69, 9.17) is 14.2 Å². The molecule has 0 saturated heterocycles. The molecule has 232 valence electrons. The molecular formula is C31H35FN6O6. The molecule has 12 nitrogen and oxygen atoms in total. The average molecular weight is 607 g/mol. The van der Waals surface area contributed by atoms with Crippen LogP contribution in [0.25, 0.3) is 5.76 Å². The van der Waals surface area contributed by atoms with E-state index >= 15 is 0 Å². The molecule has 2 aliphatic rings. The molecule has 2 amide bonds. The molecule has 1 aliphatic carbocycles. The van der Waals surface area contributed by atoms with Gasteiger partial charge in [0.05, 0.1) is 31.5 Å². The number of benzene rings is 2. The lowest BCUT2D eigenvalue weighted by molar-refractivity contribution is -0.0776. The summed E-state index contributed by atoms with van der Waals surface area (Å²) in [7, 11) is 0. The van der Waals surface area contributed by atoms with E-state index < -0.39 is 24.1 Å². The summed E-state index contributed by atoms with van der Waals surface area (Å²) in [6.07, 6.45) is 2.65. The van der Waals surface area contributed by atoms with Crippen LogP contribution in [0.1, 0.15) is 47.7 Å². The zero-order chi connectivity index (χ0) is 31.1. The van der Waals surface area contributed by atoms with Crippen LogP contribution in [0.3, 0.4) is 0 Å². The first kappa shape index (κ1) is 30.7. The number of carboxylic acids is 1. The predicted molar refractivity (Wildman–Crippen MR) is 162 cm³/mol. The Kier molecular flexibility index (Phi) is 9.87. The van der Waals surface area contributed by atoms with Gasteiger partial charge in [0, 0.05) is 17.2 Å². The highest BCUT2D eigenvalue weighted by Crippen LogP contribution is 2.36. The maximum absolute atomic E-state index is 14.4. The van der Waals surface area contributed by atoms with Crippen molar-refractivity contribution in [1.29, 1.82) is 0 Å². The molecule has 1 saturated carbocycles. The smallest absolute Gasteiger partial charge is 0.336 e. The van der Waals surface area contributed by atoms with E-state index in [-0.39, 0.29) is 49.7 Å². The van der Waals surface area contributed by atoms with Gasteiger partial charge in [-0.2, -0.15) is 0 Å². The van der Waals surface area contributed by atoms with Crippen LogP contribution in [-0.4, -0.2) is 65.3 Å². The lowest BCUT2D eigenvalue weighted by atomic mass is 10.1. The molecule has 1 aromatic heterocycles. The number of aromatic nitrogens is 2. The van der Waals surface area contributed by atoms with Gasteiger partial charge in [-0.25, -0.2) is 23.9 Å². The Bertz CT molecular complexity index is 1490. The summed E-state index contributed by atoms with van der Waals surface area (Å²) in [6.45, 7) is 6.15. The summed E-state index contributed by atoms with van der Waals surface area (Å²) in [5, 5.41) is 18.4. The molecule has 0 radical (unpaired) electrons. The SMILES string of the molecule is C=C(OCC(OC(CC)COCc1c(F)cccc1C(=O)O)N1CNc2c(NC(=O)NC3CC3)ncnc21)c1ccccc1. The van der Waals surface area contributed by atoms with Crippen molar-refractivity contribution in [2.45, 2.75) is 51.2 Å². The molecule has 13 heteroatoms. The molecule has 0 spiro atoms. The van der Waals surface area contributed by atoms with E-state index in [1.165, 1.54) is 24.5 Å². The van der Waals surface area contributed by atoms with Crippen LogP contribution in [0.15, 0.2) is 61.4 Å². The quantitative estimate of drug-likeness (QED) is 0.178. The van der Waals surface area contributed by atoms with Gasteiger partial charge >= 0.3 is 12.0 Å². The Morgan fingerprint density at radius 3 is 2.68 bits per heavy atom. The Balaban J connectivity index is 1.30. The number of hydrogen-bond acceptors (Lipinski definition) is 9. The van der Waals surface area contributed by atoms with Crippen molar-refractivity contribution in [1.82, 2.24) is 15.3 Å². The van der Waals surface area contributed by atoms with Gasteiger partial charge < -0.3 is 34.9 Å². The average Bonchev–Trinajstić information content (AvgIpc) is 3.73. The number of rotatable bonds is 15. The second-order valence-corrected chi connectivity index (χ2v) is 10.4. The van der Waals surface area contributed by atoms with Gasteiger partial charge in [0.2, 0.25) is 0 Å². The van der Waals surface area contributed by atoms with Gasteiger partial charge in [-0.15, -0.1) is 0 Å². The van der Waals surface area contributed by atoms with Crippen molar-refractivity contribution in [3.05, 3.63) is 83.9 Å². The van der Waals surface area contributed by atoms with E-state index in [0.717, 1.165) is 18.4 Å². The number of hydrogen-bond donors (Lipinski definition) is 4. The summed E-state index contributed by atoms with van der Waals surface area (Å²) in [4.78, 5) is 34.5. The number of nitrogens with one attached hydrogen (secondary N) is 3. The van der Waals surface area contributed by atoms with Crippen molar-refractivity contribution >= 4 is 35.1 Å². The third-order valence-electron chi connectivity index (χ3n) is 7.22. The Hall–Kier alpha value is -4.75. The van der Waals surface area contributed by atoms with Crippen molar-refractivity contribution in [2.75, 3.05) is 35.4 Å². The zero-order valence-corrected chi connectivity index (χ0v) is 24.3. The Morgan fingerprint density at radius 1 is 1.16 bits per heavy atom. The van der Waals surface area contributed by atoms with Gasteiger partial charge in [-0.3, -0.25) is 5.32 Å². The van der Waals surface area contributed by atoms with Gasteiger partial charge in [0.25, 0.3) is 0 Å². The van der Waals surface area contributed by atoms with E-state index in [1.54, 1.807) is 0 Å². The molecular weight excluding hydrogens is 571 g/mol. The van der Waals surface area contributed by atoms with Crippen molar-refractivity contribution < 1.29 is 33.3 Å². The first-order chi connectivity index (χ1) is 21.3. The summed E-state index contributed by atoms with van der Waals surface area (Å²) in [5.41, 5.74) is 1.17. The number of anilines is 3. The predicted octanol–water partition coefficient (Wildman–Crippen LogP) is 4.81. The summed E-state index contributed by atoms with van der Waals surface area (Å²) < 4.78 is 32.7. The van der Waals surface area contributed by atoms with Crippen LogP contribution >= 0.6 is 0 Å². The highest BCUT2D eigenvalue weighted by Gasteiger charge is 2.33. The van der Waals surface area contributed by atoms with Crippen molar-refractivity contribution in [2.24, 2.45) is 0 Å². The summed E-state index contributed by atoms with van der Waals surface area (Å²) in [5.74, 6) is -0.589. The van der Waals surface area contributed by atoms with Gasteiger partial charge in [-0.05, 0) is 31.4 Å². The molecule has 44 heavy (non-hydrogen) atoms. The Morgan fingerprint density at radius 2 is 1.95 bits per heavy atom. The van der Waals surface area contributed by atoms with Crippen LogP contribution in [0.2, 0.25) is 0 Å². The molecule has 3 aromatic rings. The van der Waals surface area contributed by atoms with Crippen LogP contribution in [0.5, 0.6) is 0 Å². The minimum Gasteiger partial charge on any atom is -0.489 e. The maximum Gasteiger partial charge on any atom is 0.336 e. The number of carboxylic acid groups (broad SMARTS) is 1. The van der Waals surface area contributed by atoms with Gasteiger partial charge in [0.15, 0.2) is 17.9 Å². The molecule has 2 unspecified atom stereocenters. The van der Waals surface area contributed by atoms with Crippen molar-refractivity contribution in [3.8, 4) is 0 Å². The molecule has 1 fully saturated rings. The standard InChI is InChI=1S/C31H35FN6O6/c1-3-22(14-42-15-24-23(30(39)40)10-7-11-25(24)32)44-26(16-43-19(2)20-8-5-4-6-9-20)38-18-35-27-28(33-17-34-29(27)38)37-31(41)36-21-12-13-21/h4-11,17,21-22,26,35H,2-3,12-16,18H2,1H3,(H,39,40)(H2,33,34,36,37,41). The van der Waals surface area contributed by atoms with Crippen molar-refractivity contribution in [3.63, 3.8) is 0 Å². The van der Waals surface area contributed by atoms with Gasteiger partial charge in [-0.1, -0.05) is 49.9 Å². The fourth-order valence-electron chi connectivity index (χ4n) is 4.64. The fraction of sp³-hybridized carbons (Fsp3) is 0.355. The summed E-state index contributed by atoms with van der Waals surface area (Å²) >= 11 is 0. The van der Waals surface area contributed by atoms with E-state index in [2.05, 4.69) is 32.5 Å². The van der Waals surface area contributed by atoms with E-state index in [1.807, 2.05) is 42.2 Å². The third kappa shape index (κ3) is 7.60. The van der Waals surface area contributed by atoms with Crippen LogP contribution in [0.4, 0.5) is 26.5 Å². The van der Waals surface area contributed by atoms with E-state index in [0.29, 0.717) is 29.5 Å². The largest absolute Gasteiger partial charge is 0.489 e. The number of halogens is 1. The topological polar surface area (TPSA) is 147 Å². The van der Waals surface area contributed by atoms with E-state index in [9.17, 15) is 19.1 Å². The van der Waals surface area contributed by atoms with Gasteiger partial charge in [0.1, 0.15) is 30.2 Å². The molecule has 5 rings (SSSR count). The fourth-order valence-corrected chi connectivity index (χ4v) is 4.64. The second-order valence-electron chi connectivity index (χ2n) is 10.4. The van der Waals surface area contributed by atoms with Crippen LogP contribution < -0.4 is 20.9 Å². The molecule has 1 aliphatic heterocycles. The molecule has 4 N–H and O–H groups in total. The molecule has 2 heterocycles. The molecule has 2 aromatic carbocycles. The number of carbonyl (C=O) groups excluding carboxylic acids is 1. The number of ether oxygens (including phenoxy) is 3. The summed E-state index contributed by atoms with van der Waals surface area (Å²) in [6, 6.07) is 13.2. The monoisotopic (exact) mass is 606 g/mol. The lowest BCUT2D eigenvalue weighted by Crippen LogP contribution is -2.44. The third-order valence-corrected chi connectivity index (χ3v) is 7.22. The number of carbonyl (C=O) groups is 2. The number of nitrogens with zero attached hydrogens (tertiary/aromatic N) is 3. The van der Waals surface area contributed by atoms with Crippen LogP contribution in [-0.2, 0) is 20.8 Å². The number of urea groups is 1. The minimum atomic E-state index is -1.23. The molecule has 2 atom stereocenters. The van der Waals surface area contributed by atoms with Crippen LogP contribution in [0, 0.1) is 5.82 Å². The number of fused-ring (bicyclic) bond motifs is 1. The normalized spacial score (nSPS) is 15.1. The number of amides is 2. The lowest BCUT2D eigenvalue weighted by Gasteiger charge is -2.32. The highest BCUT2D eigenvalue weighted by molar-refractivity contribution is 5.95. The first-order valence-electron chi connectivity index (χ1n) is 14.4. The first-order valence-corrected chi connectivity index (χ1v) is 14.4. The molecule has 0 bridgehead atoms. The maximum atomic E-state index is 14.4. The minimum absolute atomic E-state index is 0.0333. The zero-order valence-electron chi connectivity index (χ0n) is 24.3. The Labute approximate surface area is 254 Å². The number of aromatic carboxylic acids is 1. The highest BCUT2D eigenvalue weighted by atomic mass is 19.1. The second kappa shape index (κ2) is 14.1.